The quantitative estimate of drug-likeness (QED) is 0.300. The Bertz CT molecular complexity index is 1610. The number of aromatic nitrogens is 1. The van der Waals surface area contributed by atoms with Gasteiger partial charge in [0.25, 0.3) is 0 Å². The van der Waals surface area contributed by atoms with E-state index in [1.54, 1.807) is 37.3 Å². The van der Waals surface area contributed by atoms with Crippen molar-refractivity contribution in [2.24, 2.45) is 11.1 Å². The highest BCUT2D eigenvalue weighted by Crippen LogP contribution is 2.59. The smallest absolute Gasteiger partial charge is 0.248 e. The fourth-order valence-corrected chi connectivity index (χ4v) is 6.86. The van der Waals surface area contributed by atoms with Gasteiger partial charge in [0.05, 0.1) is 29.2 Å². The molecule has 0 saturated carbocycles. The zero-order chi connectivity index (χ0) is 30.6. The third-order valence-electron chi connectivity index (χ3n) is 8.13. The maximum atomic E-state index is 14.5. The number of fused-ring (bicyclic) bond motifs is 2. The van der Waals surface area contributed by atoms with Gasteiger partial charge in [-0.15, -0.1) is 0 Å². The monoisotopic (exact) mass is 609 g/mol. The Morgan fingerprint density at radius 1 is 1.12 bits per heavy atom. The first-order chi connectivity index (χ1) is 19.7. The topological polar surface area (TPSA) is 135 Å². The summed E-state index contributed by atoms with van der Waals surface area (Å²) in [6.07, 6.45) is 2.06. The summed E-state index contributed by atoms with van der Waals surface area (Å²) in [6, 6.07) is 12.9. The number of benzene rings is 2. The van der Waals surface area contributed by atoms with E-state index >= 15 is 0 Å². The lowest BCUT2D eigenvalue weighted by Crippen LogP contribution is -2.53. The average Bonchev–Trinajstić information content (AvgIpc) is 3.33. The Morgan fingerprint density at radius 3 is 2.50 bits per heavy atom. The van der Waals surface area contributed by atoms with Crippen molar-refractivity contribution in [3.63, 3.8) is 0 Å². The Morgan fingerprint density at radius 2 is 1.86 bits per heavy atom. The van der Waals surface area contributed by atoms with Gasteiger partial charge in [0.2, 0.25) is 17.7 Å². The van der Waals surface area contributed by atoms with E-state index in [1.807, 2.05) is 6.07 Å². The average molecular weight is 611 g/mol. The molecular weight excluding hydrogens is 577 g/mol. The van der Waals surface area contributed by atoms with Crippen molar-refractivity contribution < 1.29 is 19.1 Å². The predicted octanol–water partition coefficient (Wildman–Crippen LogP) is 5.28. The zero-order valence-corrected chi connectivity index (χ0v) is 25.5. The van der Waals surface area contributed by atoms with Gasteiger partial charge in [-0.1, -0.05) is 56.1 Å². The van der Waals surface area contributed by atoms with Crippen molar-refractivity contribution in [2.75, 3.05) is 17.7 Å². The summed E-state index contributed by atoms with van der Waals surface area (Å²) in [6.45, 7) is 8.03. The van der Waals surface area contributed by atoms with E-state index in [0.29, 0.717) is 39.1 Å². The zero-order valence-electron chi connectivity index (χ0n) is 24.0. The fraction of sp³-hybridized carbons (Fsp3) is 0.355. The summed E-state index contributed by atoms with van der Waals surface area (Å²) in [5.74, 6) is -1.80. The number of pyridine rings is 1. The van der Waals surface area contributed by atoms with Crippen LogP contribution in [0, 0.1) is 5.41 Å². The number of methoxy groups -OCH3 is 1. The van der Waals surface area contributed by atoms with Crippen LogP contribution in [0.2, 0.25) is 10.0 Å². The van der Waals surface area contributed by atoms with Crippen LogP contribution in [0.3, 0.4) is 0 Å². The maximum absolute atomic E-state index is 14.5. The molecule has 0 radical (unpaired) electrons. The molecule has 1 aromatic heterocycles. The van der Waals surface area contributed by atoms with E-state index in [4.69, 9.17) is 38.7 Å². The minimum atomic E-state index is -1.35. The van der Waals surface area contributed by atoms with Gasteiger partial charge in [0.1, 0.15) is 16.7 Å². The molecule has 42 heavy (non-hydrogen) atoms. The van der Waals surface area contributed by atoms with Crippen LogP contribution < -0.4 is 26.4 Å². The number of carbonyl (C=O) groups is 3. The standard InChI is InChI=1S/C31H33Cl2N5O4/c1-29(2,3)14-23-31(25-21(37-28(31)41)13-19(33)15-35-25)24(16-7-6-8-18(32)11-16)30(4,38-23)27(40)36-20-10-9-17(26(34)39)12-22(20)42-5/h6-13,15,23-24,38H,14H2,1-5H3,(H2,34,39)(H,36,40)(H,37,41). The second-order valence-corrected chi connectivity index (χ2v) is 13.1. The number of hydrogen-bond acceptors (Lipinski definition) is 6. The number of rotatable bonds is 6. The van der Waals surface area contributed by atoms with Gasteiger partial charge < -0.3 is 21.1 Å². The number of anilines is 2. The number of nitrogens with two attached hydrogens (primary N) is 1. The van der Waals surface area contributed by atoms with Crippen LogP contribution in [0.25, 0.3) is 0 Å². The highest BCUT2D eigenvalue weighted by atomic mass is 35.5. The van der Waals surface area contributed by atoms with Crippen LogP contribution >= 0.6 is 23.2 Å². The van der Waals surface area contributed by atoms with Gasteiger partial charge in [0, 0.05) is 28.7 Å². The summed E-state index contributed by atoms with van der Waals surface area (Å²) in [4.78, 5) is 45.3. The molecule has 3 amide bonds. The maximum Gasteiger partial charge on any atom is 0.248 e. The van der Waals surface area contributed by atoms with Gasteiger partial charge in [0.15, 0.2) is 0 Å². The van der Waals surface area contributed by atoms with Crippen LogP contribution in [0.4, 0.5) is 11.4 Å². The molecule has 2 aromatic carbocycles. The van der Waals surface area contributed by atoms with Gasteiger partial charge >= 0.3 is 0 Å². The molecule has 1 saturated heterocycles. The second-order valence-electron chi connectivity index (χ2n) is 12.3. The van der Waals surface area contributed by atoms with Crippen LogP contribution in [0.5, 0.6) is 5.75 Å². The summed E-state index contributed by atoms with van der Waals surface area (Å²) in [7, 11) is 1.44. The number of nitrogens with one attached hydrogen (secondary N) is 3. The lowest BCUT2D eigenvalue weighted by molar-refractivity contribution is -0.123. The van der Waals surface area contributed by atoms with Gasteiger partial charge in [-0.2, -0.15) is 0 Å². The number of hydrogen-bond donors (Lipinski definition) is 4. The largest absolute Gasteiger partial charge is 0.495 e. The molecule has 3 aromatic rings. The Labute approximate surface area is 254 Å². The minimum Gasteiger partial charge on any atom is -0.495 e. The molecule has 2 aliphatic heterocycles. The summed E-state index contributed by atoms with van der Waals surface area (Å²) >= 11 is 12.8. The van der Waals surface area contributed by atoms with Crippen LogP contribution in [-0.2, 0) is 15.0 Å². The number of ether oxygens (including phenoxy) is 1. The van der Waals surface area contributed by atoms with Crippen molar-refractivity contribution in [1.29, 1.82) is 0 Å². The number of nitrogens with zero attached hydrogens (tertiary/aromatic N) is 1. The lowest BCUT2D eigenvalue weighted by atomic mass is 9.61. The van der Waals surface area contributed by atoms with E-state index in [9.17, 15) is 14.4 Å². The highest BCUT2D eigenvalue weighted by molar-refractivity contribution is 6.31. The molecule has 220 valence electrons. The number of primary amides is 1. The van der Waals surface area contributed by atoms with Crippen LogP contribution in [0.15, 0.2) is 54.7 Å². The van der Waals surface area contributed by atoms with E-state index in [-0.39, 0.29) is 22.6 Å². The van der Waals surface area contributed by atoms with Crippen LogP contribution in [0.1, 0.15) is 61.6 Å². The van der Waals surface area contributed by atoms with Crippen LogP contribution in [-0.4, -0.2) is 41.4 Å². The van der Waals surface area contributed by atoms with Crippen molar-refractivity contribution in [2.45, 2.75) is 57.0 Å². The fourth-order valence-electron chi connectivity index (χ4n) is 6.51. The molecule has 0 bridgehead atoms. The second kappa shape index (κ2) is 10.6. The Balaban J connectivity index is 1.72. The molecule has 9 nitrogen and oxygen atoms in total. The third kappa shape index (κ3) is 4.89. The molecule has 5 N–H and O–H groups in total. The first-order valence-corrected chi connectivity index (χ1v) is 14.3. The molecule has 1 spiro atoms. The van der Waals surface area contributed by atoms with E-state index < -0.39 is 34.7 Å². The normalized spacial score (nSPS) is 24.8. The SMILES string of the molecule is COc1cc(C(N)=O)ccc1NC(=O)C1(C)NC(CC(C)(C)C)C2(C(=O)Nc3cc(Cl)cnc32)C1c1cccc(Cl)c1. The summed E-state index contributed by atoms with van der Waals surface area (Å²) < 4.78 is 5.47. The van der Waals surface area contributed by atoms with Gasteiger partial charge in [-0.25, -0.2) is 0 Å². The van der Waals surface area contributed by atoms with E-state index in [0.717, 1.165) is 0 Å². The lowest BCUT2D eigenvalue weighted by Gasteiger charge is -2.38. The number of halogens is 2. The Kier molecular flexibility index (Phi) is 7.50. The van der Waals surface area contributed by atoms with E-state index in [1.165, 1.54) is 25.4 Å². The van der Waals surface area contributed by atoms with Crippen molar-refractivity contribution in [3.8, 4) is 5.75 Å². The Hall–Kier alpha value is -3.66. The van der Waals surface area contributed by atoms with Crippen molar-refractivity contribution in [3.05, 3.63) is 81.6 Å². The van der Waals surface area contributed by atoms with E-state index in [2.05, 4.69) is 36.7 Å². The first-order valence-electron chi connectivity index (χ1n) is 13.5. The third-order valence-corrected chi connectivity index (χ3v) is 8.57. The molecule has 1 fully saturated rings. The molecular formula is C31H33Cl2N5O4. The molecule has 3 heterocycles. The first kappa shape index (κ1) is 29.8. The van der Waals surface area contributed by atoms with Crippen molar-refractivity contribution >= 4 is 52.3 Å². The molecule has 5 rings (SSSR count). The van der Waals surface area contributed by atoms with Gasteiger partial charge in [-0.3, -0.25) is 24.7 Å². The number of amides is 3. The summed E-state index contributed by atoms with van der Waals surface area (Å²) in [5, 5.41) is 10.4. The minimum absolute atomic E-state index is 0.228. The summed E-state index contributed by atoms with van der Waals surface area (Å²) in [5.41, 5.74) is 4.87. The van der Waals surface area contributed by atoms with Gasteiger partial charge in [-0.05, 0) is 60.7 Å². The highest BCUT2D eigenvalue weighted by Gasteiger charge is 2.71. The van der Waals surface area contributed by atoms with Crippen molar-refractivity contribution in [1.82, 2.24) is 10.3 Å². The predicted molar refractivity (Wildman–Crippen MR) is 163 cm³/mol. The molecule has 2 aliphatic rings. The molecule has 4 atom stereocenters. The molecule has 0 aliphatic carbocycles. The number of carbonyl (C=O) groups excluding carboxylic acids is 3. The molecule has 11 heteroatoms. The molecule has 4 unspecified atom stereocenters.